The van der Waals surface area contributed by atoms with Crippen LogP contribution in [0.3, 0.4) is 0 Å². The largest absolute Gasteiger partial charge is 0.480 e. The molecule has 112 valence electrons. The van der Waals surface area contributed by atoms with Gasteiger partial charge in [-0.15, -0.1) is 0 Å². The fourth-order valence-corrected chi connectivity index (χ4v) is 2.35. The fraction of sp³-hybridized carbons (Fsp3) is 0.412. The Hall–Kier alpha value is -1.94. The lowest BCUT2D eigenvalue weighted by Gasteiger charge is -2.14. The van der Waals surface area contributed by atoms with Crippen LogP contribution in [0.1, 0.15) is 37.4 Å². The maximum atomic E-state index is 11.2. The van der Waals surface area contributed by atoms with Crippen molar-refractivity contribution in [1.29, 1.82) is 0 Å². The third-order valence-electron chi connectivity index (χ3n) is 3.59. The first kappa shape index (κ1) is 15.4. The molecule has 0 spiro atoms. The number of pyridine rings is 1. The SMILES string of the molecule is CCCC[C@H](NCc1ccc2nc(C)ccc2c1)C(=O)O. The molecule has 0 aliphatic carbocycles. The van der Waals surface area contributed by atoms with Crippen molar-refractivity contribution in [3.8, 4) is 0 Å². The van der Waals surface area contributed by atoms with E-state index in [1.807, 2.05) is 31.2 Å². The Labute approximate surface area is 125 Å². The average Bonchev–Trinajstić information content (AvgIpc) is 2.47. The highest BCUT2D eigenvalue weighted by atomic mass is 16.4. The number of aryl methyl sites for hydroxylation is 1. The quantitative estimate of drug-likeness (QED) is 0.820. The molecular formula is C17H22N2O2. The van der Waals surface area contributed by atoms with Crippen molar-refractivity contribution in [3.63, 3.8) is 0 Å². The predicted octanol–water partition coefficient (Wildman–Crippen LogP) is 3.28. The van der Waals surface area contributed by atoms with Crippen molar-refractivity contribution in [2.45, 2.75) is 45.7 Å². The van der Waals surface area contributed by atoms with E-state index in [0.29, 0.717) is 13.0 Å². The van der Waals surface area contributed by atoms with Crippen molar-refractivity contribution in [2.75, 3.05) is 0 Å². The second-order valence-corrected chi connectivity index (χ2v) is 5.39. The van der Waals surface area contributed by atoms with Crippen LogP contribution in [0.15, 0.2) is 30.3 Å². The minimum absolute atomic E-state index is 0.475. The summed E-state index contributed by atoms with van der Waals surface area (Å²) in [4.78, 5) is 15.7. The number of nitrogens with one attached hydrogen (secondary N) is 1. The van der Waals surface area contributed by atoms with E-state index in [4.69, 9.17) is 0 Å². The van der Waals surface area contributed by atoms with Gasteiger partial charge in [-0.2, -0.15) is 0 Å². The fourth-order valence-electron chi connectivity index (χ4n) is 2.35. The number of carboxylic acids is 1. The Morgan fingerprint density at radius 1 is 1.33 bits per heavy atom. The number of carbonyl (C=O) groups is 1. The molecule has 2 N–H and O–H groups in total. The summed E-state index contributed by atoms with van der Waals surface area (Å²) in [5.74, 6) is -0.776. The number of hydrogen-bond donors (Lipinski definition) is 2. The molecule has 2 rings (SSSR count). The monoisotopic (exact) mass is 286 g/mol. The highest BCUT2D eigenvalue weighted by Crippen LogP contribution is 2.15. The Morgan fingerprint density at radius 2 is 2.14 bits per heavy atom. The molecule has 2 aromatic rings. The third-order valence-corrected chi connectivity index (χ3v) is 3.59. The lowest BCUT2D eigenvalue weighted by molar-refractivity contribution is -0.139. The van der Waals surface area contributed by atoms with Gasteiger partial charge in [0.05, 0.1) is 5.52 Å². The predicted molar refractivity (Wildman–Crippen MR) is 84.3 cm³/mol. The van der Waals surface area contributed by atoms with E-state index < -0.39 is 12.0 Å². The lowest BCUT2D eigenvalue weighted by atomic mass is 10.1. The molecule has 21 heavy (non-hydrogen) atoms. The summed E-state index contributed by atoms with van der Waals surface area (Å²) < 4.78 is 0. The molecule has 0 aliphatic rings. The van der Waals surface area contributed by atoms with Crippen molar-refractivity contribution in [1.82, 2.24) is 10.3 Å². The number of hydrogen-bond acceptors (Lipinski definition) is 3. The molecule has 1 aromatic carbocycles. The van der Waals surface area contributed by atoms with Gasteiger partial charge in [-0.3, -0.25) is 9.78 Å². The summed E-state index contributed by atoms with van der Waals surface area (Å²) in [6.45, 7) is 4.60. The number of unbranched alkanes of at least 4 members (excludes halogenated alkanes) is 1. The third kappa shape index (κ3) is 4.26. The number of nitrogens with zero attached hydrogens (tertiary/aromatic N) is 1. The Bertz CT molecular complexity index is 625. The molecule has 0 saturated carbocycles. The number of fused-ring (bicyclic) bond motifs is 1. The molecule has 0 bridgehead atoms. The summed E-state index contributed by atoms with van der Waals surface area (Å²) in [7, 11) is 0. The van der Waals surface area contributed by atoms with Gasteiger partial charge < -0.3 is 10.4 Å². The molecule has 4 nitrogen and oxygen atoms in total. The number of benzene rings is 1. The summed E-state index contributed by atoms with van der Waals surface area (Å²) in [5.41, 5.74) is 3.05. The normalized spacial score (nSPS) is 12.5. The zero-order valence-electron chi connectivity index (χ0n) is 12.6. The lowest BCUT2D eigenvalue weighted by Crippen LogP contribution is -2.36. The molecule has 0 saturated heterocycles. The molecule has 0 radical (unpaired) electrons. The van der Waals surface area contributed by atoms with Crippen molar-refractivity contribution >= 4 is 16.9 Å². The van der Waals surface area contributed by atoms with E-state index in [0.717, 1.165) is 35.0 Å². The van der Waals surface area contributed by atoms with Crippen LogP contribution in [0.2, 0.25) is 0 Å². The summed E-state index contributed by atoms with van der Waals surface area (Å²) in [5, 5.41) is 13.4. The standard InChI is InChI=1S/C17H22N2O2/c1-3-4-5-16(17(20)21)18-11-13-7-9-15-14(10-13)8-6-12(2)19-15/h6-10,16,18H,3-5,11H2,1-2H3,(H,20,21)/t16-/m0/s1. The van der Waals surface area contributed by atoms with E-state index in [-0.39, 0.29) is 0 Å². The second kappa shape index (κ2) is 7.18. The smallest absolute Gasteiger partial charge is 0.320 e. The van der Waals surface area contributed by atoms with Crippen LogP contribution in [0, 0.1) is 6.92 Å². The Balaban J connectivity index is 2.05. The Morgan fingerprint density at radius 3 is 2.86 bits per heavy atom. The summed E-state index contributed by atoms with van der Waals surface area (Å²) >= 11 is 0. The number of carboxylic acid groups (broad SMARTS) is 1. The maximum Gasteiger partial charge on any atom is 0.320 e. The van der Waals surface area contributed by atoms with Gasteiger partial charge in [0.2, 0.25) is 0 Å². The first-order chi connectivity index (χ1) is 10.1. The minimum atomic E-state index is -0.776. The van der Waals surface area contributed by atoms with E-state index in [2.05, 4.69) is 23.3 Å². The van der Waals surface area contributed by atoms with E-state index >= 15 is 0 Å². The summed E-state index contributed by atoms with van der Waals surface area (Å²) in [6.07, 6.45) is 2.59. The van der Waals surface area contributed by atoms with E-state index in [1.165, 1.54) is 0 Å². The molecule has 0 unspecified atom stereocenters. The van der Waals surface area contributed by atoms with Gasteiger partial charge in [0.25, 0.3) is 0 Å². The van der Waals surface area contributed by atoms with Crippen LogP contribution >= 0.6 is 0 Å². The molecule has 4 heteroatoms. The van der Waals surface area contributed by atoms with Gasteiger partial charge in [-0.1, -0.05) is 31.9 Å². The van der Waals surface area contributed by atoms with Gasteiger partial charge in [0.15, 0.2) is 0 Å². The first-order valence-electron chi connectivity index (χ1n) is 7.42. The molecule has 0 aliphatic heterocycles. The number of aromatic nitrogens is 1. The topological polar surface area (TPSA) is 62.2 Å². The maximum absolute atomic E-state index is 11.2. The van der Waals surface area contributed by atoms with Gasteiger partial charge in [0, 0.05) is 17.6 Å². The highest BCUT2D eigenvalue weighted by molar-refractivity contribution is 5.79. The van der Waals surface area contributed by atoms with Gasteiger partial charge in [0.1, 0.15) is 6.04 Å². The van der Waals surface area contributed by atoms with Crippen LogP contribution in [0.4, 0.5) is 0 Å². The molecule has 1 atom stereocenters. The Kier molecular flexibility index (Phi) is 5.28. The molecule has 1 heterocycles. The zero-order valence-corrected chi connectivity index (χ0v) is 12.6. The van der Waals surface area contributed by atoms with Crippen molar-refractivity contribution in [3.05, 3.63) is 41.6 Å². The van der Waals surface area contributed by atoms with Gasteiger partial charge >= 0.3 is 5.97 Å². The molecule has 0 fully saturated rings. The molecular weight excluding hydrogens is 264 g/mol. The van der Waals surface area contributed by atoms with Crippen molar-refractivity contribution < 1.29 is 9.90 Å². The molecule has 1 aromatic heterocycles. The first-order valence-corrected chi connectivity index (χ1v) is 7.42. The molecule has 0 amide bonds. The van der Waals surface area contributed by atoms with Crippen LogP contribution in [-0.4, -0.2) is 22.1 Å². The second-order valence-electron chi connectivity index (χ2n) is 5.39. The zero-order chi connectivity index (χ0) is 15.2. The number of aliphatic carboxylic acids is 1. The number of rotatable bonds is 7. The summed E-state index contributed by atoms with van der Waals surface area (Å²) in [6, 6.07) is 9.61. The average molecular weight is 286 g/mol. The van der Waals surface area contributed by atoms with Crippen LogP contribution < -0.4 is 5.32 Å². The van der Waals surface area contributed by atoms with Gasteiger partial charge in [-0.25, -0.2) is 0 Å². The van der Waals surface area contributed by atoms with Crippen LogP contribution in [-0.2, 0) is 11.3 Å². The van der Waals surface area contributed by atoms with Crippen LogP contribution in [0.5, 0.6) is 0 Å². The van der Waals surface area contributed by atoms with Crippen LogP contribution in [0.25, 0.3) is 10.9 Å². The van der Waals surface area contributed by atoms with E-state index in [1.54, 1.807) is 0 Å². The van der Waals surface area contributed by atoms with Gasteiger partial charge in [-0.05, 0) is 37.1 Å². The van der Waals surface area contributed by atoms with E-state index in [9.17, 15) is 9.90 Å². The van der Waals surface area contributed by atoms with Crippen molar-refractivity contribution in [2.24, 2.45) is 0 Å². The minimum Gasteiger partial charge on any atom is -0.480 e. The highest BCUT2D eigenvalue weighted by Gasteiger charge is 2.15.